The van der Waals surface area contributed by atoms with Crippen molar-refractivity contribution in [2.45, 2.75) is 5.60 Å². The minimum atomic E-state index is -0.664. The first-order valence-electron chi connectivity index (χ1n) is 4.65. The van der Waals surface area contributed by atoms with Gasteiger partial charge >= 0.3 is 0 Å². The Kier molecular flexibility index (Phi) is 2.31. The maximum Gasteiger partial charge on any atom is 0.138 e. The first-order valence-corrected chi connectivity index (χ1v) is 4.65. The van der Waals surface area contributed by atoms with E-state index in [0.29, 0.717) is 25.3 Å². The van der Waals surface area contributed by atoms with E-state index in [1.54, 1.807) is 18.2 Å². The summed E-state index contributed by atoms with van der Waals surface area (Å²) in [4.78, 5) is 0. The van der Waals surface area contributed by atoms with Crippen molar-refractivity contribution in [2.75, 3.05) is 25.0 Å². The van der Waals surface area contributed by atoms with Gasteiger partial charge in [0.05, 0.1) is 5.69 Å². The molecule has 0 atom stereocenters. The van der Waals surface area contributed by atoms with Crippen LogP contribution in [0.5, 0.6) is 5.75 Å². The Hall–Kier alpha value is -1.26. The molecule has 4 N–H and O–H groups in total. The van der Waals surface area contributed by atoms with Crippen LogP contribution in [0.3, 0.4) is 0 Å². The fourth-order valence-corrected chi connectivity index (χ4v) is 1.42. The molecule has 0 aliphatic carbocycles. The highest BCUT2D eigenvalue weighted by molar-refractivity contribution is 5.55. The molecule has 0 spiro atoms. The van der Waals surface area contributed by atoms with E-state index < -0.39 is 5.60 Å². The number of para-hydroxylation sites is 2. The van der Waals surface area contributed by atoms with Gasteiger partial charge in [-0.3, -0.25) is 0 Å². The van der Waals surface area contributed by atoms with Gasteiger partial charge in [-0.05, 0) is 12.1 Å². The Bertz CT molecular complexity index is 324. The minimum Gasteiger partial charge on any atom is -0.506 e. The summed E-state index contributed by atoms with van der Waals surface area (Å²) in [6.07, 6.45) is 0. The molecule has 0 aromatic heterocycles. The lowest BCUT2D eigenvalue weighted by atomic mass is 9.97. The quantitative estimate of drug-likeness (QED) is 0.517. The lowest BCUT2D eigenvalue weighted by Crippen LogP contribution is -2.62. The summed E-state index contributed by atoms with van der Waals surface area (Å²) in [5.74, 6) is 0.211. The number of nitrogens with one attached hydrogen (secondary N) is 2. The van der Waals surface area contributed by atoms with E-state index in [1.165, 1.54) is 0 Å². The summed E-state index contributed by atoms with van der Waals surface area (Å²) in [6, 6.07) is 7.00. The number of phenolic OH excluding ortho intramolecular Hbond substituents is 1. The van der Waals surface area contributed by atoms with Gasteiger partial charge in [-0.15, -0.1) is 0 Å². The second-order valence-corrected chi connectivity index (χ2v) is 3.70. The molecule has 0 unspecified atom stereocenters. The van der Waals surface area contributed by atoms with Gasteiger partial charge in [0.1, 0.15) is 11.4 Å². The fourth-order valence-electron chi connectivity index (χ4n) is 1.42. The molecule has 14 heavy (non-hydrogen) atoms. The molecule has 4 nitrogen and oxygen atoms in total. The van der Waals surface area contributed by atoms with E-state index >= 15 is 0 Å². The zero-order valence-corrected chi connectivity index (χ0v) is 7.83. The number of benzene rings is 1. The maximum atomic E-state index is 9.76. The molecular formula is C10H14N2O2. The number of hydrogen-bond acceptors (Lipinski definition) is 4. The number of β-amino-alcohol motifs (C(OH)–C–C–N with tert-alkyl or cyclic N) is 1. The molecule has 1 fully saturated rings. The Morgan fingerprint density at radius 1 is 1.36 bits per heavy atom. The number of phenols is 1. The van der Waals surface area contributed by atoms with E-state index in [4.69, 9.17) is 0 Å². The van der Waals surface area contributed by atoms with Crippen molar-refractivity contribution >= 4 is 5.69 Å². The molecule has 76 valence electrons. The van der Waals surface area contributed by atoms with Gasteiger partial charge < -0.3 is 20.8 Å². The Morgan fingerprint density at radius 3 is 2.64 bits per heavy atom. The van der Waals surface area contributed by atoms with Gasteiger partial charge in [-0.1, -0.05) is 12.1 Å². The largest absolute Gasteiger partial charge is 0.506 e. The van der Waals surface area contributed by atoms with E-state index in [-0.39, 0.29) is 5.75 Å². The zero-order chi connectivity index (χ0) is 10.0. The van der Waals surface area contributed by atoms with Gasteiger partial charge in [-0.2, -0.15) is 0 Å². The predicted molar refractivity (Wildman–Crippen MR) is 54.4 cm³/mol. The summed E-state index contributed by atoms with van der Waals surface area (Å²) >= 11 is 0. The summed E-state index contributed by atoms with van der Waals surface area (Å²) in [7, 11) is 0. The van der Waals surface area contributed by atoms with E-state index in [0.717, 1.165) is 0 Å². The average Bonchev–Trinajstić information content (AvgIpc) is 2.14. The molecule has 0 saturated carbocycles. The van der Waals surface area contributed by atoms with Crippen molar-refractivity contribution in [2.24, 2.45) is 0 Å². The fraction of sp³-hybridized carbons (Fsp3) is 0.400. The average molecular weight is 194 g/mol. The van der Waals surface area contributed by atoms with Gasteiger partial charge in [0, 0.05) is 19.6 Å². The van der Waals surface area contributed by atoms with Crippen LogP contribution in [0.2, 0.25) is 0 Å². The molecule has 1 aromatic rings. The van der Waals surface area contributed by atoms with Gasteiger partial charge in [0.25, 0.3) is 0 Å². The molecule has 1 saturated heterocycles. The van der Waals surface area contributed by atoms with Crippen molar-refractivity contribution < 1.29 is 10.2 Å². The van der Waals surface area contributed by atoms with Crippen molar-refractivity contribution in [3.8, 4) is 5.75 Å². The van der Waals surface area contributed by atoms with E-state index in [2.05, 4.69) is 10.6 Å². The smallest absolute Gasteiger partial charge is 0.138 e. The molecule has 4 heteroatoms. The van der Waals surface area contributed by atoms with E-state index in [9.17, 15) is 10.2 Å². The highest BCUT2D eigenvalue weighted by Crippen LogP contribution is 2.22. The number of aliphatic hydroxyl groups is 1. The van der Waals surface area contributed by atoms with Crippen LogP contribution in [0.15, 0.2) is 24.3 Å². The number of aromatic hydroxyl groups is 1. The van der Waals surface area contributed by atoms with Crippen LogP contribution in [0.1, 0.15) is 0 Å². The highest BCUT2D eigenvalue weighted by atomic mass is 16.3. The van der Waals surface area contributed by atoms with Crippen LogP contribution in [0.4, 0.5) is 5.69 Å². The van der Waals surface area contributed by atoms with Crippen LogP contribution in [-0.2, 0) is 0 Å². The molecule has 2 rings (SSSR count). The predicted octanol–water partition coefficient (Wildman–Crippen LogP) is 0.138. The Labute approximate surface area is 82.6 Å². The number of anilines is 1. The topological polar surface area (TPSA) is 64.5 Å². The molecule has 0 radical (unpaired) electrons. The van der Waals surface area contributed by atoms with E-state index in [1.807, 2.05) is 6.07 Å². The lowest BCUT2D eigenvalue weighted by molar-refractivity contribution is 0.00311. The lowest BCUT2D eigenvalue weighted by Gasteiger charge is -2.37. The first kappa shape index (κ1) is 9.30. The maximum absolute atomic E-state index is 9.76. The van der Waals surface area contributed by atoms with Gasteiger partial charge in [0.15, 0.2) is 0 Å². The second-order valence-electron chi connectivity index (χ2n) is 3.70. The van der Waals surface area contributed by atoms with Crippen molar-refractivity contribution in [1.29, 1.82) is 0 Å². The second kappa shape index (κ2) is 3.48. The van der Waals surface area contributed by atoms with Crippen LogP contribution >= 0.6 is 0 Å². The minimum absolute atomic E-state index is 0.211. The number of hydrogen-bond donors (Lipinski definition) is 4. The molecule has 1 aliphatic rings. The Balaban J connectivity index is 1.95. The third kappa shape index (κ3) is 1.81. The van der Waals surface area contributed by atoms with Crippen molar-refractivity contribution in [1.82, 2.24) is 5.32 Å². The first-order chi connectivity index (χ1) is 6.70. The Morgan fingerprint density at radius 2 is 2.07 bits per heavy atom. The SMILES string of the molecule is Oc1ccccc1NCC1(O)CNC1. The highest BCUT2D eigenvalue weighted by Gasteiger charge is 2.33. The molecule has 1 heterocycles. The molecular weight excluding hydrogens is 180 g/mol. The molecule has 1 aliphatic heterocycles. The van der Waals surface area contributed by atoms with Crippen LogP contribution in [0.25, 0.3) is 0 Å². The summed E-state index contributed by atoms with van der Waals surface area (Å²) in [5, 5.41) is 25.2. The zero-order valence-electron chi connectivity index (χ0n) is 7.83. The summed E-state index contributed by atoms with van der Waals surface area (Å²) in [6.45, 7) is 1.67. The van der Waals surface area contributed by atoms with Gasteiger partial charge in [0.2, 0.25) is 0 Å². The third-order valence-corrected chi connectivity index (χ3v) is 2.42. The summed E-state index contributed by atoms with van der Waals surface area (Å²) in [5.41, 5.74) is -0.00438. The van der Waals surface area contributed by atoms with Crippen LogP contribution < -0.4 is 10.6 Å². The molecule has 0 amide bonds. The van der Waals surface area contributed by atoms with Crippen molar-refractivity contribution in [3.05, 3.63) is 24.3 Å². The normalized spacial score (nSPS) is 18.6. The standard InChI is InChI=1S/C10H14N2O2/c13-9-4-2-1-3-8(9)12-7-10(14)5-11-6-10/h1-4,11-14H,5-7H2. The third-order valence-electron chi connectivity index (χ3n) is 2.42. The van der Waals surface area contributed by atoms with Crippen LogP contribution in [-0.4, -0.2) is 35.4 Å². The molecule has 0 bridgehead atoms. The van der Waals surface area contributed by atoms with Crippen LogP contribution in [0, 0.1) is 0 Å². The molecule has 1 aromatic carbocycles. The monoisotopic (exact) mass is 194 g/mol. The number of rotatable bonds is 3. The van der Waals surface area contributed by atoms with Crippen molar-refractivity contribution in [3.63, 3.8) is 0 Å². The summed E-state index contributed by atoms with van der Waals surface area (Å²) < 4.78 is 0. The van der Waals surface area contributed by atoms with Gasteiger partial charge in [-0.25, -0.2) is 0 Å².